The van der Waals surface area contributed by atoms with Gasteiger partial charge in [-0.15, -0.1) is 0 Å². The highest BCUT2D eigenvalue weighted by atomic mass is 19.1. The minimum Gasteiger partial charge on any atom is -0.478 e. The first-order valence-corrected chi connectivity index (χ1v) is 7.89. The Bertz CT molecular complexity index is 794. The summed E-state index contributed by atoms with van der Waals surface area (Å²) in [6, 6.07) is 6.11. The van der Waals surface area contributed by atoms with Crippen LogP contribution < -0.4 is 15.8 Å². The molecule has 2 aliphatic rings. The summed E-state index contributed by atoms with van der Waals surface area (Å²) in [6.45, 7) is 0.857. The molecule has 1 aliphatic heterocycles. The Balaban J connectivity index is 1.64. The molecule has 1 fully saturated rings. The molecule has 0 amide bonds. The van der Waals surface area contributed by atoms with Gasteiger partial charge in [-0.25, -0.2) is 14.6 Å². The number of hydrogen-bond donors (Lipinski definition) is 3. The Labute approximate surface area is 138 Å². The van der Waals surface area contributed by atoms with Crippen molar-refractivity contribution in [1.82, 2.24) is 10.4 Å². The van der Waals surface area contributed by atoms with Crippen molar-refractivity contribution in [3.8, 4) is 0 Å². The van der Waals surface area contributed by atoms with Crippen molar-refractivity contribution in [2.24, 2.45) is 5.92 Å². The fourth-order valence-electron chi connectivity index (χ4n) is 2.97. The number of carboxylic acid groups (broad SMARTS) is 1. The Morgan fingerprint density at radius 1 is 1.42 bits per heavy atom. The predicted octanol–water partition coefficient (Wildman–Crippen LogP) is 2.76. The third kappa shape index (κ3) is 2.78. The molecule has 0 bridgehead atoms. The Hall–Kier alpha value is -2.67. The number of hydrazine groups is 1. The van der Waals surface area contributed by atoms with Crippen molar-refractivity contribution in [3.63, 3.8) is 0 Å². The van der Waals surface area contributed by atoms with Crippen LogP contribution in [0.4, 0.5) is 15.8 Å². The molecule has 1 unspecified atom stereocenters. The first-order chi connectivity index (χ1) is 11.6. The van der Waals surface area contributed by atoms with Gasteiger partial charge >= 0.3 is 5.97 Å². The maximum absolute atomic E-state index is 13.7. The minimum absolute atomic E-state index is 0.130. The third-order valence-corrected chi connectivity index (χ3v) is 4.37. The van der Waals surface area contributed by atoms with Gasteiger partial charge in [0.15, 0.2) is 0 Å². The summed E-state index contributed by atoms with van der Waals surface area (Å²) in [4.78, 5) is 15.3. The van der Waals surface area contributed by atoms with Crippen LogP contribution in [-0.4, -0.2) is 22.6 Å². The predicted molar refractivity (Wildman–Crippen MR) is 87.2 cm³/mol. The summed E-state index contributed by atoms with van der Waals surface area (Å²) in [5.74, 6) is -0.699. The number of benzene rings is 1. The Morgan fingerprint density at radius 3 is 3.00 bits per heavy atom. The van der Waals surface area contributed by atoms with Crippen LogP contribution in [0.5, 0.6) is 0 Å². The number of aromatic carboxylic acids is 1. The number of fused-ring (bicyclic) bond motifs is 1. The zero-order chi connectivity index (χ0) is 16.7. The van der Waals surface area contributed by atoms with E-state index >= 15 is 0 Å². The molecule has 2 heterocycles. The number of aromatic nitrogens is 1. The van der Waals surface area contributed by atoms with Gasteiger partial charge in [0.05, 0.1) is 23.1 Å². The largest absolute Gasteiger partial charge is 0.478 e. The van der Waals surface area contributed by atoms with E-state index in [9.17, 15) is 14.3 Å². The molecule has 1 saturated carbocycles. The second-order valence-electron chi connectivity index (χ2n) is 6.19. The number of nitrogens with one attached hydrogen (secondary N) is 2. The van der Waals surface area contributed by atoms with Gasteiger partial charge < -0.3 is 15.4 Å². The Kier molecular flexibility index (Phi) is 3.57. The molecule has 1 aliphatic carbocycles. The fraction of sp³-hybridized carbons (Fsp3) is 0.294. The highest BCUT2D eigenvalue weighted by Crippen LogP contribution is 2.38. The van der Waals surface area contributed by atoms with Gasteiger partial charge in [-0.1, -0.05) is 0 Å². The van der Waals surface area contributed by atoms with Crippen molar-refractivity contribution in [3.05, 3.63) is 53.6 Å². The molecular formula is C17H17FN4O2. The molecule has 124 valence electrons. The molecule has 1 aromatic heterocycles. The lowest BCUT2D eigenvalue weighted by atomic mass is 10.1. The number of anilines is 2. The highest BCUT2D eigenvalue weighted by Gasteiger charge is 2.33. The van der Waals surface area contributed by atoms with Gasteiger partial charge in [0.25, 0.3) is 0 Å². The number of halogens is 1. The van der Waals surface area contributed by atoms with Crippen LogP contribution in [-0.2, 0) is 0 Å². The minimum atomic E-state index is -1.04. The van der Waals surface area contributed by atoms with Crippen molar-refractivity contribution in [2.45, 2.75) is 19.0 Å². The smallest absolute Gasteiger partial charge is 0.337 e. The van der Waals surface area contributed by atoms with Crippen molar-refractivity contribution in [1.29, 1.82) is 0 Å². The highest BCUT2D eigenvalue weighted by molar-refractivity contribution is 5.94. The first-order valence-electron chi connectivity index (χ1n) is 7.89. The van der Waals surface area contributed by atoms with Crippen LogP contribution in [0.2, 0.25) is 0 Å². The summed E-state index contributed by atoms with van der Waals surface area (Å²) >= 11 is 0. The molecule has 6 nitrogen and oxygen atoms in total. The van der Waals surface area contributed by atoms with Crippen LogP contribution in [0.25, 0.3) is 0 Å². The van der Waals surface area contributed by atoms with E-state index in [0.29, 0.717) is 11.6 Å². The lowest BCUT2D eigenvalue weighted by Gasteiger charge is -2.22. The molecule has 0 radical (unpaired) electrons. The summed E-state index contributed by atoms with van der Waals surface area (Å²) < 4.78 is 13.7. The summed E-state index contributed by atoms with van der Waals surface area (Å²) in [5.41, 5.74) is 5.51. The quantitative estimate of drug-likeness (QED) is 0.783. The van der Waals surface area contributed by atoms with Gasteiger partial charge in [0, 0.05) is 18.3 Å². The second-order valence-corrected chi connectivity index (χ2v) is 6.19. The fourth-order valence-corrected chi connectivity index (χ4v) is 2.97. The zero-order valence-corrected chi connectivity index (χ0v) is 12.9. The third-order valence-electron chi connectivity index (χ3n) is 4.37. The molecule has 7 heteroatoms. The van der Waals surface area contributed by atoms with Crippen molar-refractivity contribution < 1.29 is 14.3 Å². The topological polar surface area (TPSA) is 77.5 Å². The van der Waals surface area contributed by atoms with Gasteiger partial charge in [-0.2, -0.15) is 0 Å². The van der Waals surface area contributed by atoms with Crippen LogP contribution in [0, 0.1) is 11.7 Å². The normalized spacial score (nSPS) is 19.2. The van der Waals surface area contributed by atoms with Crippen LogP contribution in [0.1, 0.15) is 34.9 Å². The molecule has 1 atom stereocenters. The molecule has 0 saturated heterocycles. The zero-order valence-electron chi connectivity index (χ0n) is 12.9. The molecule has 2 aromatic rings. The average Bonchev–Trinajstić information content (AvgIpc) is 3.32. The van der Waals surface area contributed by atoms with Gasteiger partial charge in [0.1, 0.15) is 12.0 Å². The van der Waals surface area contributed by atoms with E-state index in [4.69, 9.17) is 0 Å². The monoisotopic (exact) mass is 328 g/mol. The summed E-state index contributed by atoms with van der Waals surface area (Å²) in [6.07, 6.45) is 4.91. The molecule has 0 spiro atoms. The molecule has 3 N–H and O–H groups in total. The van der Waals surface area contributed by atoms with Gasteiger partial charge in [-0.05, 0) is 43.0 Å². The van der Waals surface area contributed by atoms with E-state index in [-0.39, 0.29) is 11.4 Å². The van der Waals surface area contributed by atoms with E-state index < -0.39 is 12.1 Å². The van der Waals surface area contributed by atoms with Crippen LogP contribution in [0.3, 0.4) is 0 Å². The number of carboxylic acids is 1. The van der Waals surface area contributed by atoms with Crippen LogP contribution in [0.15, 0.2) is 36.7 Å². The molecule has 4 rings (SSSR count). The van der Waals surface area contributed by atoms with E-state index in [1.807, 2.05) is 5.01 Å². The van der Waals surface area contributed by atoms with E-state index in [1.165, 1.54) is 43.4 Å². The lowest BCUT2D eigenvalue weighted by Crippen LogP contribution is -2.38. The Morgan fingerprint density at radius 2 is 2.25 bits per heavy atom. The summed E-state index contributed by atoms with van der Waals surface area (Å²) in [5, 5.41) is 14.4. The second kappa shape index (κ2) is 5.76. The van der Waals surface area contributed by atoms with Crippen molar-refractivity contribution >= 4 is 17.3 Å². The van der Waals surface area contributed by atoms with E-state index in [1.54, 1.807) is 6.07 Å². The number of rotatable bonds is 5. The lowest BCUT2D eigenvalue weighted by molar-refractivity contribution is 0.0697. The number of nitrogens with zero attached hydrogens (tertiary/aromatic N) is 2. The number of carbonyl (C=O) groups is 1. The maximum Gasteiger partial charge on any atom is 0.337 e. The van der Waals surface area contributed by atoms with Gasteiger partial charge in [-0.3, -0.25) is 4.98 Å². The standard InChI is InChI=1S/C17H17FN4O2/c18-11-3-4-15-13(7-11)16(21-22(15)9-10-1-2-10)20-14-8-19-6-5-12(14)17(23)24/h3-8,10,16,20-21H,1-2,9H2,(H,23,24). The molecule has 1 aromatic carbocycles. The SMILES string of the molecule is O=C(O)c1ccncc1NC1NN(CC2CC2)c2ccc(F)cc21. The summed E-state index contributed by atoms with van der Waals surface area (Å²) in [7, 11) is 0. The molecular weight excluding hydrogens is 311 g/mol. The first kappa shape index (κ1) is 14.9. The van der Waals surface area contributed by atoms with Crippen LogP contribution >= 0.6 is 0 Å². The number of hydrogen-bond acceptors (Lipinski definition) is 5. The van der Waals surface area contributed by atoms with Gasteiger partial charge in [0.2, 0.25) is 0 Å². The van der Waals surface area contributed by atoms with E-state index in [2.05, 4.69) is 15.7 Å². The van der Waals surface area contributed by atoms with Crippen molar-refractivity contribution in [2.75, 3.05) is 16.9 Å². The maximum atomic E-state index is 13.7. The van der Waals surface area contributed by atoms with E-state index in [0.717, 1.165) is 17.8 Å². The number of pyridine rings is 1. The molecule has 24 heavy (non-hydrogen) atoms. The average molecular weight is 328 g/mol.